The lowest BCUT2D eigenvalue weighted by Gasteiger charge is -2.07. The SMILES string of the molecule is O=C(CSC1CCCC1)c1cc(F)cc(F)c1. The number of benzene rings is 1. The first-order valence-corrected chi connectivity index (χ1v) is 6.81. The van der Waals surface area contributed by atoms with Crippen molar-refractivity contribution in [3.8, 4) is 0 Å². The number of thioether (sulfide) groups is 1. The number of rotatable bonds is 4. The van der Waals surface area contributed by atoms with Crippen molar-refractivity contribution in [2.24, 2.45) is 0 Å². The predicted octanol–water partition coefficient (Wildman–Crippen LogP) is 3.82. The zero-order chi connectivity index (χ0) is 12.3. The van der Waals surface area contributed by atoms with Crippen LogP contribution in [-0.2, 0) is 0 Å². The van der Waals surface area contributed by atoms with Crippen LogP contribution in [-0.4, -0.2) is 16.8 Å². The molecule has 0 N–H and O–H groups in total. The highest BCUT2D eigenvalue weighted by Gasteiger charge is 2.17. The number of hydrogen-bond acceptors (Lipinski definition) is 2. The Balaban J connectivity index is 1.94. The van der Waals surface area contributed by atoms with E-state index < -0.39 is 11.6 Å². The van der Waals surface area contributed by atoms with E-state index in [1.54, 1.807) is 11.8 Å². The van der Waals surface area contributed by atoms with Crippen molar-refractivity contribution in [2.75, 3.05) is 5.75 Å². The maximum Gasteiger partial charge on any atom is 0.172 e. The summed E-state index contributed by atoms with van der Waals surface area (Å²) in [6.07, 6.45) is 4.74. The Morgan fingerprint density at radius 3 is 2.35 bits per heavy atom. The largest absolute Gasteiger partial charge is 0.293 e. The molecular formula is C13H14F2OS. The van der Waals surface area contributed by atoms with E-state index in [2.05, 4.69) is 0 Å². The fourth-order valence-corrected chi connectivity index (χ4v) is 3.27. The summed E-state index contributed by atoms with van der Waals surface area (Å²) in [5, 5.41) is 0.539. The zero-order valence-corrected chi connectivity index (χ0v) is 10.2. The second kappa shape index (κ2) is 5.63. The standard InChI is InChI=1S/C13H14F2OS/c14-10-5-9(6-11(15)7-10)13(16)8-17-12-3-1-2-4-12/h5-7,12H,1-4,8H2. The second-order valence-electron chi connectivity index (χ2n) is 4.30. The van der Waals surface area contributed by atoms with Crippen LogP contribution in [0.15, 0.2) is 18.2 Å². The number of ketones is 1. The average Bonchev–Trinajstić information content (AvgIpc) is 2.77. The van der Waals surface area contributed by atoms with Gasteiger partial charge in [0.1, 0.15) is 11.6 Å². The molecule has 1 nitrogen and oxygen atoms in total. The first-order valence-electron chi connectivity index (χ1n) is 5.76. The van der Waals surface area contributed by atoms with E-state index in [0.717, 1.165) is 31.0 Å². The number of Topliss-reactive ketones (excluding diaryl/α,β-unsaturated/α-hetero) is 1. The molecule has 2 rings (SSSR count). The Kier molecular flexibility index (Phi) is 4.15. The molecular weight excluding hydrogens is 242 g/mol. The topological polar surface area (TPSA) is 17.1 Å². The normalized spacial score (nSPS) is 16.4. The Hall–Kier alpha value is -0.900. The first kappa shape index (κ1) is 12.6. The van der Waals surface area contributed by atoms with Crippen LogP contribution >= 0.6 is 11.8 Å². The fourth-order valence-electron chi connectivity index (χ4n) is 2.05. The van der Waals surface area contributed by atoms with Gasteiger partial charge in [-0.1, -0.05) is 12.8 Å². The molecule has 0 saturated heterocycles. The third kappa shape index (κ3) is 3.53. The lowest BCUT2D eigenvalue weighted by Crippen LogP contribution is -2.07. The van der Waals surface area contributed by atoms with Gasteiger partial charge in [-0.15, -0.1) is 0 Å². The van der Waals surface area contributed by atoms with Gasteiger partial charge in [-0.25, -0.2) is 8.78 Å². The van der Waals surface area contributed by atoms with Gasteiger partial charge in [-0.3, -0.25) is 4.79 Å². The summed E-state index contributed by atoms with van der Waals surface area (Å²) in [5.41, 5.74) is 0.132. The van der Waals surface area contributed by atoms with E-state index in [1.807, 2.05) is 0 Å². The van der Waals surface area contributed by atoms with E-state index in [9.17, 15) is 13.6 Å². The van der Waals surface area contributed by atoms with Crippen LogP contribution in [0.1, 0.15) is 36.0 Å². The van der Waals surface area contributed by atoms with E-state index >= 15 is 0 Å². The van der Waals surface area contributed by atoms with Crippen molar-refractivity contribution in [1.29, 1.82) is 0 Å². The van der Waals surface area contributed by atoms with Crippen LogP contribution < -0.4 is 0 Å². The molecule has 17 heavy (non-hydrogen) atoms. The maximum absolute atomic E-state index is 12.9. The summed E-state index contributed by atoms with van der Waals surface area (Å²) in [7, 11) is 0. The van der Waals surface area contributed by atoms with Crippen molar-refractivity contribution in [2.45, 2.75) is 30.9 Å². The molecule has 0 unspecified atom stereocenters. The van der Waals surface area contributed by atoms with Crippen LogP contribution in [0.3, 0.4) is 0 Å². The minimum Gasteiger partial charge on any atom is -0.293 e. The molecule has 0 heterocycles. The highest BCUT2D eigenvalue weighted by molar-refractivity contribution is 8.00. The van der Waals surface area contributed by atoms with E-state index in [1.165, 1.54) is 12.8 Å². The first-order chi connectivity index (χ1) is 8.15. The molecule has 1 aromatic carbocycles. The molecule has 92 valence electrons. The summed E-state index contributed by atoms with van der Waals surface area (Å²) in [6.45, 7) is 0. The molecule has 0 atom stereocenters. The van der Waals surface area contributed by atoms with Crippen LogP contribution in [0.5, 0.6) is 0 Å². The summed E-state index contributed by atoms with van der Waals surface area (Å²) < 4.78 is 25.9. The van der Waals surface area contributed by atoms with Gasteiger partial charge >= 0.3 is 0 Å². The van der Waals surface area contributed by atoms with E-state index in [-0.39, 0.29) is 11.3 Å². The quantitative estimate of drug-likeness (QED) is 0.762. The molecule has 0 amide bonds. The molecule has 1 aliphatic rings. The number of carbonyl (C=O) groups is 1. The van der Waals surface area contributed by atoms with E-state index in [0.29, 0.717) is 11.0 Å². The van der Waals surface area contributed by atoms with Crippen LogP contribution in [0.25, 0.3) is 0 Å². The number of hydrogen-bond donors (Lipinski definition) is 0. The Morgan fingerprint density at radius 2 is 1.76 bits per heavy atom. The van der Waals surface area contributed by atoms with E-state index in [4.69, 9.17) is 0 Å². The monoisotopic (exact) mass is 256 g/mol. The molecule has 1 saturated carbocycles. The zero-order valence-electron chi connectivity index (χ0n) is 9.42. The summed E-state index contributed by atoms with van der Waals surface area (Å²) in [4.78, 5) is 11.8. The van der Waals surface area contributed by atoms with Crippen molar-refractivity contribution < 1.29 is 13.6 Å². The van der Waals surface area contributed by atoms with Gasteiger partial charge in [0, 0.05) is 16.9 Å². The highest BCUT2D eigenvalue weighted by atomic mass is 32.2. The van der Waals surface area contributed by atoms with Gasteiger partial charge in [0.15, 0.2) is 5.78 Å². The lowest BCUT2D eigenvalue weighted by molar-refractivity contribution is 0.102. The Morgan fingerprint density at radius 1 is 1.18 bits per heavy atom. The molecule has 0 radical (unpaired) electrons. The van der Waals surface area contributed by atoms with Gasteiger partial charge in [0.25, 0.3) is 0 Å². The third-order valence-electron chi connectivity index (χ3n) is 2.94. The van der Waals surface area contributed by atoms with Crippen LogP contribution in [0, 0.1) is 11.6 Å². The molecule has 0 aromatic heterocycles. The van der Waals surface area contributed by atoms with Crippen molar-refractivity contribution in [3.63, 3.8) is 0 Å². The highest BCUT2D eigenvalue weighted by Crippen LogP contribution is 2.29. The molecule has 1 aliphatic carbocycles. The van der Waals surface area contributed by atoms with Crippen molar-refractivity contribution in [3.05, 3.63) is 35.4 Å². The van der Waals surface area contributed by atoms with Gasteiger partial charge in [0.2, 0.25) is 0 Å². The molecule has 4 heteroatoms. The van der Waals surface area contributed by atoms with Gasteiger partial charge in [-0.2, -0.15) is 11.8 Å². The molecule has 1 fully saturated rings. The van der Waals surface area contributed by atoms with Gasteiger partial charge in [0.05, 0.1) is 5.75 Å². The lowest BCUT2D eigenvalue weighted by atomic mass is 10.1. The van der Waals surface area contributed by atoms with Crippen molar-refractivity contribution in [1.82, 2.24) is 0 Å². The van der Waals surface area contributed by atoms with Gasteiger partial charge in [-0.05, 0) is 25.0 Å². The predicted molar refractivity (Wildman–Crippen MR) is 65.4 cm³/mol. The Labute approximate surface area is 104 Å². The van der Waals surface area contributed by atoms with Gasteiger partial charge < -0.3 is 0 Å². The minimum atomic E-state index is -0.695. The summed E-state index contributed by atoms with van der Waals surface area (Å²) in [6, 6.07) is 2.97. The van der Waals surface area contributed by atoms with Crippen molar-refractivity contribution >= 4 is 17.5 Å². The third-order valence-corrected chi connectivity index (χ3v) is 4.31. The fraction of sp³-hybridized carbons (Fsp3) is 0.462. The van der Waals surface area contributed by atoms with Crippen LogP contribution in [0.2, 0.25) is 0 Å². The summed E-state index contributed by atoms with van der Waals surface area (Å²) in [5.74, 6) is -1.27. The molecule has 0 spiro atoms. The smallest absolute Gasteiger partial charge is 0.172 e. The molecule has 1 aromatic rings. The molecule has 0 bridgehead atoms. The second-order valence-corrected chi connectivity index (χ2v) is 5.59. The maximum atomic E-state index is 12.9. The Bertz CT molecular complexity index is 394. The number of halogens is 2. The average molecular weight is 256 g/mol. The molecule has 0 aliphatic heterocycles. The number of carbonyl (C=O) groups excluding carboxylic acids is 1. The van der Waals surface area contributed by atoms with Crippen LogP contribution in [0.4, 0.5) is 8.78 Å². The minimum absolute atomic E-state index is 0.132. The summed E-state index contributed by atoms with van der Waals surface area (Å²) >= 11 is 1.60.